The topological polar surface area (TPSA) is 93.6 Å². The predicted octanol–water partition coefficient (Wildman–Crippen LogP) is 1.84. The molecule has 1 amide bonds. The number of aryl methyl sites for hydroxylation is 1. The summed E-state index contributed by atoms with van der Waals surface area (Å²) in [6.45, 7) is 2.99. The van der Waals surface area contributed by atoms with E-state index in [-0.39, 0.29) is 11.8 Å². The van der Waals surface area contributed by atoms with Crippen LogP contribution in [-0.4, -0.2) is 55.3 Å². The number of nitrogens with zero attached hydrogens (tertiary/aromatic N) is 3. The first-order valence-corrected chi connectivity index (χ1v) is 9.81. The highest BCUT2D eigenvalue weighted by atomic mass is 16.5. The number of aromatic nitrogens is 2. The summed E-state index contributed by atoms with van der Waals surface area (Å²) in [4.78, 5) is 35.8. The summed E-state index contributed by atoms with van der Waals surface area (Å²) in [5.41, 5.74) is 3.04. The Hall–Kier alpha value is -3.00. The summed E-state index contributed by atoms with van der Waals surface area (Å²) in [6, 6.07) is 6.76. The molecule has 0 unspecified atom stereocenters. The van der Waals surface area contributed by atoms with Crippen LogP contribution in [0.1, 0.15) is 28.0 Å². The first-order valence-electron chi connectivity index (χ1n) is 9.81. The van der Waals surface area contributed by atoms with Gasteiger partial charge >= 0.3 is 5.97 Å². The molecule has 1 aromatic carbocycles. The van der Waals surface area contributed by atoms with E-state index in [1.807, 2.05) is 6.20 Å². The Morgan fingerprint density at radius 2 is 2.10 bits per heavy atom. The molecule has 1 atom stereocenters. The van der Waals surface area contributed by atoms with Crippen molar-refractivity contribution in [3.05, 3.63) is 47.3 Å². The van der Waals surface area contributed by atoms with E-state index in [9.17, 15) is 9.59 Å². The molecule has 1 aromatic heterocycles. The third kappa shape index (κ3) is 4.37. The number of benzene rings is 1. The normalized spacial score (nSPS) is 18.7. The number of methoxy groups -OCH3 is 1. The third-order valence-electron chi connectivity index (χ3n) is 5.35. The van der Waals surface area contributed by atoms with Crippen molar-refractivity contribution in [2.45, 2.75) is 19.3 Å². The number of morpholine rings is 1. The molecule has 0 bridgehead atoms. The number of anilines is 2. The predicted molar refractivity (Wildman–Crippen MR) is 107 cm³/mol. The van der Waals surface area contributed by atoms with Gasteiger partial charge in [-0.05, 0) is 43.0 Å². The van der Waals surface area contributed by atoms with Crippen molar-refractivity contribution >= 4 is 23.5 Å². The van der Waals surface area contributed by atoms with Gasteiger partial charge in [-0.25, -0.2) is 14.8 Å². The number of rotatable bonds is 4. The van der Waals surface area contributed by atoms with Crippen LogP contribution >= 0.6 is 0 Å². The molecule has 1 aliphatic heterocycles. The van der Waals surface area contributed by atoms with Crippen molar-refractivity contribution < 1.29 is 19.1 Å². The van der Waals surface area contributed by atoms with Gasteiger partial charge in [0.1, 0.15) is 0 Å². The molecule has 2 aromatic rings. The lowest BCUT2D eigenvalue weighted by molar-refractivity contribution is -0.120. The van der Waals surface area contributed by atoms with E-state index < -0.39 is 5.97 Å². The molecule has 29 heavy (non-hydrogen) atoms. The first-order chi connectivity index (χ1) is 14.1. The van der Waals surface area contributed by atoms with Crippen molar-refractivity contribution in [1.29, 1.82) is 0 Å². The molecule has 1 N–H and O–H groups in total. The highest BCUT2D eigenvalue weighted by Crippen LogP contribution is 2.27. The van der Waals surface area contributed by atoms with Gasteiger partial charge in [0.2, 0.25) is 11.9 Å². The molecule has 2 heterocycles. The Morgan fingerprint density at radius 1 is 1.28 bits per heavy atom. The number of ether oxygens (including phenoxy) is 2. The lowest BCUT2D eigenvalue weighted by Gasteiger charge is -2.28. The SMILES string of the molecule is COC(=O)c1cccc(NC(=O)[C@H]2CCc3nc(N4CCOCC4)ncc3C2)c1. The van der Waals surface area contributed by atoms with E-state index in [0.29, 0.717) is 30.9 Å². The molecule has 8 nitrogen and oxygen atoms in total. The highest BCUT2D eigenvalue weighted by Gasteiger charge is 2.27. The maximum absolute atomic E-state index is 12.8. The van der Waals surface area contributed by atoms with Gasteiger partial charge in [0.15, 0.2) is 0 Å². The lowest BCUT2D eigenvalue weighted by Crippen LogP contribution is -2.38. The zero-order chi connectivity index (χ0) is 20.2. The molecule has 1 saturated heterocycles. The molecular formula is C21H24N4O4. The van der Waals surface area contributed by atoms with E-state index in [1.165, 1.54) is 7.11 Å². The first kappa shape index (κ1) is 19.3. The van der Waals surface area contributed by atoms with Crippen LogP contribution in [0.25, 0.3) is 0 Å². The molecule has 0 saturated carbocycles. The minimum Gasteiger partial charge on any atom is -0.465 e. The zero-order valence-corrected chi connectivity index (χ0v) is 16.4. The molecule has 1 fully saturated rings. The van der Waals surface area contributed by atoms with Crippen LogP contribution in [0.15, 0.2) is 30.5 Å². The maximum atomic E-state index is 12.8. The van der Waals surface area contributed by atoms with Gasteiger partial charge in [0.25, 0.3) is 0 Å². The van der Waals surface area contributed by atoms with E-state index in [2.05, 4.69) is 15.2 Å². The van der Waals surface area contributed by atoms with Gasteiger partial charge in [0.05, 0.1) is 25.9 Å². The molecule has 0 radical (unpaired) electrons. The Bertz CT molecular complexity index is 911. The monoisotopic (exact) mass is 396 g/mol. The molecule has 152 valence electrons. The summed E-state index contributed by atoms with van der Waals surface area (Å²) < 4.78 is 10.1. The Morgan fingerprint density at radius 3 is 2.90 bits per heavy atom. The summed E-state index contributed by atoms with van der Waals surface area (Å²) >= 11 is 0. The number of esters is 1. The minimum absolute atomic E-state index is 0.0603. The number of hydrogen-bond donors (Lipinski definition) is 1. The van der Waals surface area contributed by atoms with Gasteiger partial charge < -0.3 is 19.7 Å². The van der Waals surface area contributed by atoms with Gasteiger partial charge in [-0.3, -0.25) is 4.79 Å². The molecular weight excluding hydrogens is 372 g/mol. The molecule has 1 aliphatic carbocycles. The maximum Gasteiger partial charge on any atom is 0.337 e. The Kier molecular flexibility index (Phi) is 5.71. The summed E-state index contributed by atoms with van der Waals surface area (Å²) in [5, 5.41) is 2.92. The van der Waals surface area contributed by atoms with Crippen LogP contribution in [0.5, 0.6) is 0 Å². The van der Waals surface area contributed by atoms with Gasteiger partial charge in [0, 0.05) is 36.6 Å². The third-order valence-corrected chi connectivity index (χ3v) is 5.35. The van der Waals surface area contributed by atoms with Gasteiger partial charge in [-0.1, -0.05) is 6.07 Å². The van der Waals surface area contributed by atoms with Crippen LogP contribution in [0.3, 0.4) is 0 Å². The van der Waals surface area contributed by atoms with E-state index in [4.69, 9.17) is 14.5 Å². The van der Waals surface area contributed by atoms with E-state index in [0.717, 1.165) is 43.1 Å². The summed E-state index contributed by atoms with van der Waals surface area (Å²) in [5.74, 6) is 0.104. The second-order valence-corrected chi connectivity index (χ2v) is 7.24. The highest BCUT2D eigenvalue weighted by molar-refractivity contribution is 5.95. The fraction of sp³-hybridized carbons (Fsp3) is 0.429. The Balaban J connectivity index is 1.41. The standard InChI is InChI=1S/C21H24N4O4/c1-28-20(27)15-3-2-4-17(12-15)23-19(26)14-5-6-18-16(11-14)13-22-21(24-18)25-7-9-29-10-8-25/h2-4,12-14H,5-11H2,1H3,(H,23,26)/t14-/m0/s1. The molecule has 2 aliphatic rings. The number of carbonyl (C=O) groups is 2. The number of amides is 1. The van der Waals surface area contributed by atoms with Crippen LogP contribution in [0.2, 0.25) is 0 Å². The fourth-order valence-corrected chi connectivity index (χ4v) is 3.72. The van der Waals surface area contributed by atoms with Crippen molar-refractivity contribution in [2.75, 3.05) is 43.6 Å². The quantitative estimate of drug-likeness (QED) is 0.788. The van der Waals surface area contributed by atoms with E-state index >= 15 is 0 Å². The minimum atomic E-state index is -0.430. The van der Waals surface area contributed by atoms with Crippen LogP contribution in [0, 0.1) is 5.92 Å². The van der Waals surface area contributed by atoms with Gasteiger partial charge in [-0.15, -0.1) is 0 Å². The van der Waals surface area contributed by atoms with Crippen LogP contribution in [-0.2, 0) is 27.1 Å². The number of fused-ring (bicyclic) bond motifs is 1. The number of hydrogen-bond acceptors (Lipinski definition) is 7. The number of nitrogens with one attached hydrogen (secondary N) is 1. The average molecular weight is 396 g/mol. The Labute approximate surface area is 169 Å². The van der Waals surface area contributed by atoms with Gasteiger partial charge in [-0.2, -0.15) is 0 Å². The van der Waals surface area contributed by atoms with E-state index in [1.54, 1.807) is 24.3 Å². The van der Waals surface area contributed by atoms with Crippen molar-refractivity contribution in [1.82, 2.24) is 9.97 Å². The second-order valence-electron chi connectivity index (χ2n) is 7.24. The second kappa shape index (κ2) is 8.57. The fourth-order valence-electron chi connectivity index (χ4n) is 3.72. The van der Waals surface area contributed by atoms with Crippen LogP contribution in [0.4, 0.5) is 11.6 Å². The summed E-state index contributed by atoms with van der Waals surface area (Å²) in [6.07, 6.45) is 3.94. The van der Waals surface area contributed by atoms with Crippen molar-refractivity contribution in [3.8, 4) is 0 Å². The van der Waals surface area contributed by atoms with Crippen molar-refractivity contribution in [2.24, 2.45) is 5.92 Å². The van der Waals surface area contributed by atoms with Crippen molar-refractivity contribution in [3.63, 3.8) is 0 Å². The average Bonchev–Trinajstić information content (AvgIpc) is 2.78. The summed E-state index contributed by atoms with van der Waals surface area (Å²) in [7, 11) is 1.33. The lowest BCUT2D eigenvalue weighted by atomic mass is 9.86. The van der Waals surface area contributed by atoms with Crippen LogP contribution < -0.4 is 10.2 Å². The number of carbonyl (C=O) groups excluding carboxylic acids is 2. The molecule has 0 spiro atoms. The molecule has 8 heteroatoms. The molecule has 4 rings (SSSR count). The smallest absolute Gasteiger partial charge is 0.337 e. The zero-order valence-electron chi connectivity index (χ0n) is 16.4. The largest absolute Gasteiger partial charge is 0.465 e.